The molecule has 0 radical (unpaired) electrons. The lowest BCUT2D eigenvalue weighted by atomic mass is 9.83. The number of hydrogen-bond donors (Lipinski definition) is 1. The number of rotatable bonds is 13. The Morgan fingerprint density at radius 2 is 1.71 bits per heavy atom. The number of esters is 1. The molecule has 8 nitrogen and oxygen atoms in total. The summed E-state index contributed by atoms with van der Waals surface area (Å²) in [7, 11) is 0. The number of allylic oxidation sites excluding steroid dienone is 1. The summed E-state index contributed by atoms with van der Waals surface area (Å²) in [5, 5.41) is 9.99. The van der Waals surface area contributed by atoms with Crippen LogP contribution in [0.2, 0.25) is 0 Å². The lowest BCUT2D eigenvalue weighted by Crippen LogP contribution is -2.21. The minimum Gasteiger partial charge on any atom is -0.493 e. The predicted octanol–water partition coefficient (Wildman–Crippen LogP) is 7.13. The highest BCUT2D eigenvalue weighted by molar-refractivity contribution is 5.91. The number of carbonyl (C=O) groups excluding carboxylic acids is 1. The maximum absolute atomic E-state index is 12.8. The average Bonchev–Trinajstić information content (AvgIpc) is 2.98. The van der Waals surface area contributed by atoms with Gasteiger partial charge in [-0.05, 0) is 67.3 Å². The molecule has 0 bridgehead atoms. The van der Waals surface area contributed by atoms with Crippen molar-refractivity contribution in [3.05, 3.63) is 88.8 Å². The molecule has 1 aliphatic rings. The van der Waals surface area contributed by atoms with Crippen LogP contribution in [0.4, 0.5) is 0 Å². The zero-order chi connectivity index (χ0) is 30.1. The van der Waals surface area contributed by atoms with Crippen molar-refractivity contribution < 1.29 is 28.5 Å². The van der Waals surface area contributed by atoms with E-state index in [2.05, 4.69) is 26.8 Å². The van der Waals surface area contributed by atoms with E-state index in [1.54, 1.807) is 42.5 Å². The van der Waals surface area contributed by atoms with Gasteiger partial charge >= 0.3 is 5.97 Å². The maximum atomic E-state index is 12.8. The topological polar surface area (TPSA) is 113 Å². The highest BCUT2D eigenvalue weighted by atomic mass is 16.5. The van der Waals surface area contributed by atoms with Crippen molar-refractivity contribution in [1.29, 1.82) is 5.26 Å². The van der Waals surface area contributed by atoms with Gasteiger partial charge in [0.2, 0.25) is 5.88 Å². The number of nitrogens with two attached hydrogens (primary N) is 1. The number of nitriles is 1. The standard InChI is InChI=1S/C34H38N2O6/c1-5-7-8-17-39-29-16-11-24(18-31(29)38-6-2)32-27-15-14-26(19-30(27)42-33(36)28(32)20-35)41-34(37)23-9-12-25(13-10-23)40-21-22(3)4/h9-16,18-19,22,32H,5-8,17,21,36H2,1-4H3. The van der Waals surface area contributed by atoms with Crippen molar-refractivity contribution >= 4 is 5.97 Å². The minimum absolute atomic E-state index is 0.00619. The van der Waals surface area contributed by atoms with Gasteiger partial charge in [-0.1, -0.05) is 45.7 Å². The number of hydrogen-bond acceptors (Lipinski definition) is 8. The predicted molar refractivity (Wildman–Crippen MR) is 160 cm³/mol. The molecule has 3 aromatic carbocycles. The molecule has 220 valence electrons. The van der Waals surface area contributed by atoms with E-state index in [9.17, 15) is 10.1 Å². The van der Waals surface area contributed by atoms with Gasteiger partial charge in [-0.15, -0.1) is 0 Å². The highest BCUT2D eigenvalue weighted by Gasteiger charge is 2.32. The summed E-state index contributed by atoms with van der Waals surface area (Å²) < 4.78 is 29.0. The highest BCUT2D eigenvalue weighted by Crippen LogP contribution is 2.45. The molecule has 0 spiro atoms. The smallest absolute Gasteiger partial charge is 0.343 e. The molecule has 1 heterocycles. The number of unbranched alkanes of at least 4 members (excludes halogenated alkanes) is 2. The summed E-state index contributed by atoms with van der Waals surface area (Å²) in [6.45, 7) is 9.85. The van der Waals surface area contributed by atoms with Crippen LogP contribution in [0, 0.1) is 17.2 Å². The van der Waals surface area contributed by atoms with E-state index in [0.717, 1.165) is 24.8 Å². The molecule has 4 rings (SSSR count). The van der Waals surface area contributed by atoms with Crippen LogP contribution < -0.4 is 29.4 Å². The molecular weight excluding hydrogens is 532 g/mol. The zero-order valence-corrected chi connectivity index (χ0v) is 24.6. The monoisotopic (exact) mass is 570 g/mol. The largest absolute Gasteiger partial charge is 0.493 e. The number of ether oxygens (including phenoxy) is 5. The third kappa shape index (κ3) is 7.35. The van der Waals surface area contributed by atoms with Crippen LogP contribution in [0.5, 0.6) is 28.7 Å². The van der Waals surface area contributed by atoms with Crippen molar-refractivity contribution in [2.24, 2.45) is 11.7 Å². The summed E-state index contributed by atoms with van der Waals surface area (Å²) >= 11 is 0. The maximum Gasteiger partial charge on any atom is 0.343 e. The molecule has 8 heteroatoms. The first kappa shape index (κ1) is 30.3. The van der Waals surface area contributed by atoms with E-state index in [-0.39, 0.29) is 17.2 Å². The molecule has 0 aromatic heterocycles. The van der Waals surface area contributed by atoms with Crippen LogP contribution in [0.1, 0.15) is 74.4 Å². The van der Waals surface area contributed by atoms with Gasteiger partial charge in [0.1, 0.15) is 28.9 Å². The minimum atomic E-state index is -0.519. The van der Waals surface area contributed by atoms with Crippen LogP contribution in [0.3, 0.4) is 0 Å². The third-order valence-electron chi connectivity index (χ3n) is 6.68. The normalized spacial score (nSPS) is 14.0. The van der Waals surface area contributed by atoms with Crippen molar-refractivity contribution in [2.75, 3.05) is 19.8 Å². The Balaban J connectivity index is 1.57. The van der Waals surface area contributed by atoms with E-state index in [4.69, 9.17) is 29.4 Å². The van der Waals surface area contributed by atoms with Gasteiger partial charge in [0.15, 0.2) is 11.5 Å². The van der Waals surface area contributed by atoms with E-state index < -0.39 is 11.9 Å². The zero-order valence-electron chi connectivity index (χ0n) is 24.6. The quantitative estimate of drug-likeness (QED) is 0.131. The Morgan fingerprint density at radius 1 is 0.952 bits per heavy atom. The molecule has 42 heavy (non-hydrogen) atoms. The van der Waals surface area contributed by atoms with Gasteiger partial charge in [-0.3, -0.25) is 0 Å². The molecule has 1 aliphatic heterocycles. The van der Waals surface area contributed by atoms with Crippen LogP contribution >= 0.6 is 0 Å². The van der Waals surface area contributed by atoms with Gasteiger partial charge in [-0.25, -0.2) is 4.79 Å². The molecule has 0 aliphatic carbocycles. The summed E-state index contributed by atoms with van der Waals surface area (Å²) in [4.78, 5) is 12.8. The Hall–Kier alpha value is -4.64. The molecule has 1 atom stereocenters. The van der Waals surface area contributed by atoms with Crippen molar-refractivity contribution in [2.45, 2.75) is 52.9 Å². The number of fused-ring (bicyclic) bond motifs is 1. The molecule has 1 unspecified atom stereocenters. The van der Waals surface area contributed by atoms with Crippen molar-refractivity contribution in [3.63, 3.8) is 0 Å². The second kappa shape index (κ2) is 14.3. The Morgan fingerprint density at radius 3 is 2.40 bits per heavy atom. The summed E-state index contributed by atoms with van der Waals surface area (Å²) in [5.41, 5.74) is 8.39. The summed E-state index contributed by atoms with van der Waals surface area (Å²) in [6, 6.07) is 19.7. The fraction of sp³-hybridized carbons (Fsp3) is 0.353. The van der Waals surface area contributed by atoms with E-state index in [0.29, 0.717) is 59.9 Å². The third-order valence-corrected chi connectivity index (χ3v) is 6.68. The Labute approximate surface area is 247 Å². The van der Waals surface area contributed by atoms with E-state index in [1.165, 1.54) is 0 Å². The fourth-order valence-electron chi connectivity index (χ4n) is 4.58. The first-order valence-corrected chi connectivity index (χ1v) is 14.4. The first-order chi connectivity index (χ1) is 20.3. The number of benzene rings is 3. The fourth-order valence-corrected chi connectivity index (χ4v) is 4.58. The second-order valence-corrected chi connectivity index (χ2v) is 10.4. The number of carbonyl (C=O) groups is 1. The van der Waals surface area contributed by atoms with E-state index >= 15 is 0 Å². The lowest BCUT2D eigenvalue weighted by Gasteiger charge is -2.27. The second-order valence-electron chi connectivity index (χ2n) is 10.4. The van der Waals surface area contributed by atoms with Crippen LogP contribution in [0.15, 0.2) is 72.1 Å². The van der Waals surface area contributed by atoms with Crippen LogP contribution in [-0.4, -0.2) is 25.8 Å². The van der Waals surface area contributed by atoms with Crippen LogP contribution in [0.25, 0.3) is 0 Å². The Bertz CT molecular complexity index is 1460. The molecule has 3 aromatic rings. The number of nitrogens with zero attached hydrogens (tertiary/aromatic N) is 1. The SMILES string of the molecule is CCCCCOc1ccc(C2C(C#N)=C(N)Oc3cc(OC(=O)c4ccc(OCC(C)C)cc4)ccc32)cc1OCC. The molecule has 2 N–H and O–H groups in total. The van der Waals surface area contributed by atoms with Crippen molar-refractivity contribution in [1.82, 2.24) is 0 Å². The van der Waals surface area contributed by atoms with Gasteiger partial charge in [0, 0.05) is 11.6 Å². The lowest BCUT2D eigenvalue weighted by molar-refractivity contribution is 0.0734. The molecule has 0 saturated heterocycles. The van der Waals surface area contributed by atoms with Gasteiger partial charge < -0.3 is 29.4 Å². The van der Waals surface area contributed by atoms with E-state index in [1.807, 2.05) is 25.1 Å². The summed E-state index contributed by atoms with van der Waals surface area (Å²) in [6.07, 6.45) is 3.16. The molecule has 0 fully saturated rings. The molecule has 0 saturated carbocycles. The summed E-state index contributed by atoms with van der Waals surface area (Å²) in [5.74, 6) is 2.00. The molecule has 0 amide bonds. The van der Waals surface area contributed by atoms with Crippen molar-refractivity contribution in [3.8, 4) is 34.8 Å². The van der Waals surface area contributed by atoms with Gasteiger partial charge in [-0.2, -0.15) is 5.26 Å². The molecular formula is C34H38N2O6. The first-order valence-electron chi connectivity index (χ1n) is 14.4. The average molecular weight is 571 g/mol. The van der Waals surface area contributed by atoms with Crippen LogP contribution in [-0.2, 0) is 0 Å². The Kier molecular flexibility index (Phi) is 10.3. The van der Waals surface area contributed by atoms with Gasteiger partial charge in [0.25, 0.3) is 0 Å². The van der Waals surface area contributed by atoms with Gasteiger partial charge in [0.05, 0.1) is 31.3 Å².